The van der Waals surface area contributed by atoms with E-state index in [1.165, 1.54) is 23.9 Å². The molecule has 0 bridgehead atoms. The maximum Gasteiger partial charge on any atom is 0.269 e. The van der Waals surface area contributed by atoms with Crippen molar-refractivity contribution in [3.05, 3.63) is 106 Å². The van der Waals surface area contributed by atoms with Gasteiger partial charge >= 0.3 is 0 Å². The van der Waals surface area contributed by atoms with Crippen LogP contribution in [0.5, 0.6) is 5.75 Å². The lowest BCUT2D eigenvalue weighted by atomic mass is 10.2. The van der Waals surface area contributed by atoms with Gasteiger partial charge in [-0.05, 0) is 35.4 Å². The minimum atomic E-state index is -0.430. The molecule has 0 unspecified atom stereocenters. The monoisotopic (exact) mass is 420 g/mol. The van der Waals surface area contributed by atoms with Crippen molar-refractivity contribution in [2.24, 2.45) is 15.9 Å². The molecule has 0 saturated carbocycles. The molecule has 8 heteroatoms. The van der Waals surface area contributed by atoms with Crippen LogP contribution < -0.4 is 10.5 Å². The number of amidine groups is 1. The van der Waals surface area contributed by atoms with E-state index in [1.54, 1.807) is 18.3 Å². The fourth-order valence-corrected chi connectivity index (χ4v) is 3.11. The van der Waals surface area contributed by atoms with Crippen LogP contribution >= 0.6 is 11.8 Å². The van der Waals surface area contributed by atoms with Crippen molar-refractivity contribution in [1.82, 2.24) is 0 Å². The average Bonchev–Trinajstić information content (AvgIpc) is 2.78. The van der Waals surface area contributed by atoms with Crippen molar-refractivity contribution in [2.75, 3.05) is 0 Å². The van der Waals surface area contributed by atoms with Crippen molar-refractivity contribution in [3.63, 3.8) is 0 Å². The van der Waals surface area contributed by atoms with Crippen LogP contribution in [0.3, 0.4) is 0 Å². The van der Waals surface area contributed by atoms with E-state index in [0.29, 0.717) is 10.9 Å². The molecule has 0 saturated heterocycles. The number of nitrogens with zero attached hydrogens (tertiary/aromatic N) is 3. The first-order valence-corrected chi connectivity index (χ1v) is 10.1. The molecular weight excluding hydrogens is 400 g/mol. The number of hydrogen-bond acceptors (Lipinski definition) is 6. The number of non-ortho nitro benzene ring substituents is 1. The highest BCUT2D eigenvalue weighted by Gasteiger charge is 2.05. The first kappa shape index (κ1) is 21.1. The van der Waals surface area contributed by atoms with Gasteiger partial charge in [-0.2, -0.15) is 5.10 Å². The van der Waals surface area contributed by atoms with Gasteiger partial charge in [0.2, 0.25) is 0 Å². The smallest absolute Gasteiger partial charge is 0.269 e. The summed E-state index contributed by atoms with van der Waals surface area (Å²) in [7, 11) is 0. The minimum Gasteiger partial charge on any atom is -0.488 e. The summed E-state index contributed by atoms with van der Waals surface area (Å²) in [6.45, 7) is 0.279. The molecule has 0 amide bonds. The summed E-state index contributed by atoms with van der Waals surface area (Å²) < 4.78 is 5.84. The van der Waals surface area contributed by atoms with E-state index in [9.17, 15) is 10.1 Å². The summed E-state index contributed by atoms with van der Waals surface area (Å²) >= 11 is 1.41. The summed E-state index contributed by atoms with van der Waals surface area (Å²) in [4.78, 5) is 10.3. The van der Waals surface area contributed by atoms with Crippen LogP contribution in [0, 0.1) is 10.1 Å². The highest BCUT2D eigenvalue weighted by molar-refractivity contribution is 8.13. The van der Waals surface area contributed by atoms with E-state index in [0.717, 1.165) is 22.4 Å². The molecule has 3 aromatic rings. The number of nitrogens with two attached hydrogens (primary N) is 1. The van der Waals surface area contributed by atoms with E-state index in [4.69, 9.17) is 10.5 Å². The Morgan fingerprint density at radius 3 is 2.43 bits per heavy atom. The van der Waals surface area contributed by atoms with E-state index in [1.807, 2.05) is 54.6 Å². The molecule has 0 atom stereocenters. The normalized spacial score (nSPS) is 11.5. The Labute approximate surface area is 178 Å². The number of benzene rings is 3. The van der Waals surface area contributed by atoms with Gasteiger partial charge in [0.1, 0.15) is 12.4 Å². The van der Waals surface area contributed by atoms with Crippen LogP contribution in [0.15, 0.2) is 89.1 Å². The number of para-hydroxylation sites is 1. The van der Waals surface area contributed by atoms with Crippen LogP contribution in [0.2, 0.25) is 0 Å². The van der Waals surface area contributed by atoms with Crippen LogP contribution in [0.25, 0.3) is 0 Å². The first-order valence-electron chi connectivity index (χ1n) is 9.10. The zero-order chi connectivity index (χ0) is 21.2. The Balaban J connectivity index is 1.58. The predicted molar refractivity (Wildman–Crippen MR) is 121 cm³/mol. The topological polar surface area (TPSA) is 103 Å². The standard InChI is InChI=1S/C22H20N4O3S/c23-22(30-16-18-6-2-1-3-7-18)25-24-14-19-8-4-5-9-21(19)29-15-17-10-12-20(13-11-17)26(27)28/h1-14H,15-16H2,(H2,23,25). The molecule has 3 rings (SSSR count). The van der Waals surface area contributed by atoms with Gasteiger partial charge in [0.15, 0.2) is 5.17 Å². The number of nitro benzene ring substituents is 1. The maximum absolute atomic E-state index is 10.7. The molecule has 0 heterocycles. The molecule has 0 spiro atoms. The van der Waals surface area contributed by atoms with E-state index in [-0.39, 0.29) is 12.3 Å². The lowest BCUT2D eigenvalue weighted by molar-refractivity contribution is -0.384. The number of hydrogen-bond donors (Lipinski definition) is 1. The highest BCUT2D eigenvalue weighted by atomic mass is 32.2. The Bertz CT molecular complexity index is 1040. The Hall–Kier alpha value is -3.65. The van der Waals surface area contributed by atoms with E-state index in [2.05, 4.69) is 10.2 Å². The zero-order valence-corrected chi connectivity index (χ0v) is 16.9. The molecule has 0 radical (unpaired) electrons. The second-order valence-corrected chi connectivity index (χ2v) is 7.20. The van der Waals surface area contributed by atoms with Gasteiger partial charge in [0.05, 0.1) is 11.1 Å². The molecular formula is C22H20N4O3S. The van der Waals surface area contributed by atoms with E-state index >= 15 is 0 Å². The SMILES string of the molecule is NC(=NN=Cc1ccccc1OCc1ccc([N+](=O)[O-])cc1)SCc1ccccc1. The lowest BCUT2D eigenvalue weighted by Gasteiger charge is -2.08. The second kappa shape index (κ2) is 10.8. The lowest BCUT2D eigenvalue weighted by Crippen LogP contribution is -2.06. The number of rotatable bonds is 8. The van der Waals surface area contributed by atoms with Crippen LogP contribution in [-0.2, 0) is 12.4 Å². The average molecular weight is 420 g/mol. The van der Waals surface area contributed by atoms with Crippen LogP contribution in [0.4, 0.5) is 5.69 Å². The summed E-state index contributed by atoms with van der Waals surface area (Å²) in [6.07, 6.45) is 1.58. The van der Waals surface area contributed by atoms with Gasteiger partial charge in [0.25, 0.3) is 5.69 Å². The summed E-state index contributed by atoms with van der Waals surface area (Å²) in [5.41, 5.74) is 8.70. The van der Waals surface area contributed by atoms with Gasteiger partial charge in [-0.15, -0.1) is 5.10 Å². The maximum atomic E-state index is 10.7. The van der Waals surface area contributed by atoms with Gasteiger partial charge in [-0.3, -0.25) is 10.1 Å². The predicted octanol–water partition coefficient (Wildman–Crippen LogP) is 4.76. The first-order chi connectivity index (χ1) is 14.6. The minimum absolute atomic E-state index is 0.0480. The van der Waals surface area contributed by atoms with Gasteiger partial charge in [-0.1, -0.05) is 54.2 Å². The van der Waals surface area contributed by atoms with Crippen molar-refractivity contribution < 1.29 is 9.66 Å². The molecule has 7 nitrogen and oxygen atoms in total. The fraction of sp³-hybridized carbons (Fsp3) is 0.0909. The summed E-state index contributed by atoms with van der Waals surface area (Å²) in [5, 5.41) is 19.2. The molecule has 0 aliphatic carbocycles. The third kappa shape index (κ3) is 6.46. The van der Waals surface area contributed by atoms with Crippen molar-refractivity contribution in [2.45, 2.75) is 12.4 Å². The largest absolute Gasteiger partial charge is 0.488 e. The quantitative estimate of drug-likeness (QED) is 0.245. The number of ether oxygens (including phenoxy) is 1. The van der Waals surface area contributed by atoms with Crippen molar-refractivity contribution in [1.29, 1.82) is 0 Å². The molecule has 0 fully saturated rings. The molecule has 0 aliphatic heterocycles. The van der Waals surface area contributed by atoms with Gasteiger partial charge in [-0.25, -0.2) is 0 Å². The van der Waals surface area contributed by atoms with Gasteiger partial charge < -0.3 is 10.5 Å². The molecule has 0 aromatic heterocycles. The third-order valence-electron chi connectivity index (χ3n) is 4.04. The Kier molecular flexibility index (Phi) is 7.57. The van der Waals surface area contributed by atoms with E-state index < -0.39 is 4.92 Å². The summed E-state index contributed by atoms with van der Waals surface area (Å²) in [6, 6.07) is 23.7. The molecule has 152 valence electrons. The van der Waals surface area contributed by atoms with Gasteiger partial charge in [0, 0.05) is 23.4 Å². The van der Waals surface area contributed by atoms with Crippen molar-refractivity contribution >= 4 is 28.8 Å². The zero-order valence-electron chi connectivity index (χ0n) is 16.0. The molecule has 3 aromatic carbocycles. The molecule has 30 heavy (non-hydrogen) atoms. The Morgan fingerprint density at radius 2 is 1.70 bits per heavy atom. The third-order valence-corrected chi connectivity index (χ3v) is 4.90. The number of thioether (sulfide) groups is 1. The highest BCUT2D eigenvalue weighted by Crippen LogP contribution is 2.19. The Morgan fingerprint density at radius 1 is 1.00 bits per heavy atom. The second-order valence-electron chi connectivity index (χ2n) is 6.21. The summed E-state index contributed by atoms with van der Waals surface area (Å²) in [5.74, 6) is 1.35. The molecule has 0 aliphatic rings. The van der Waals surface area contributed by atoms with Crippen LogP contribution in [0.1, 0.15) is 16.7 Å². The molecule has 2 N–H and O–H groups in total. The fourth-order valence-electron chi connectivity index (χ4n) is 2.50. The van der Waals surface area contributed by atoms with Crippen LogP contribution in [-0.4, -0.2) is 16.3 Å². The van der Waals surface area contributed by atoms with Crippen molar-refractivity contribution in [3.8, 4) is 5.75 Å². The number of nitro groups is 1.